The Morgan fingerprint density at radius 1 is 0.386 bits per heavy atom. The molecular formula is C55H40N2. The van der Waals surface area contributed by atoms with E-state index < -0.39 is 0 Å². The van der Waals surface area contributed by atoms with Crippen molar-refractivity contribution in [1.82, 2.24) is 4.57 Å². The molecule has 10 aromatic rings. The van der Waals surface area contributed by atoms with Gasteiger partial charge in [-0.15, -0.1) is 0 Å². The van der Waals surface area contributed by atoms with E-state index in [4.69, 9.17) is 0 Å². The van der Waals surface area contributed by atoms with Crippen LogP contribution in [0.5, 0.6) is 0 Å². The minimum absolute atomic E-state index is 0.199. The summed E-state index contributed by atoms with van der Waals surface area (Å²) in [7, 11) is 0. The molecule has 9 aromatic carbocycles. The molecule has 57 heavy (non-hydrogen) atoms. The number of nitrogens with zero attached hydrogens (tertiary/aromatic N) is 2. The summed E-state index contributed by atoms with van der Waals surface area (Å²) in [4.78, 5) is 2.41. The number of aromatic nitrogens is 1. The van der Waals surface area contributed by atoms with Gasteiger partial charge in [0.15, 0.2) is 0 Å². The van der Waals surface area contributed by atoms with E-state index in [1.165, 1.54) is 88.5 Å². The summed E-state index contributed by atoms with van der Waals surface area (Å²) >= 11 is 0. The lowest BCUT2D eigenvalue weighted by atomic mass is 9.81. The molecular weight excluding hydrogens is 689 g/mol. The van der Waals surface area contributed by atoms with Gasteiger partial charge in [0, 0.05) is 38.6 Å². The third-order valence-electron chi connectivity index (χ3n) is 12.2. The van der Waals surface area contributed by atoms with Crippen molar-refractivity contribution in [3.05, 3.63) is 217 Å². The summed E-state index contributed by atoms with van der Waals surface area (Å²) in [5.41, 5.74) is 17.1. The fourth-order valence-corrected chi connectivity index (χ4v) is 9.32. The molecule has 0 amide bonds. The van der Waals surface area contributed by atoms with E-state index in [2.05, 4.69) is 230 Å². The maximum atomic E-state index is 2.45. The number of benzene rings is 9. The van der Waals surface area contributed by atoms with Crippen LogP contribution < -0.4 is 4.90 Å². The van der Waals surface area contributed by atoms with Gasteiger partial charge in [0.25, 0.3) is 0 Å². The normalized spacial score (nSPS) is 12.9. The molecule has 1 aromatic heterocycles. The largest absolute Gasteiger partial charge is 0.310 e. The topological polar surface area (TPSA) is 8.17 Å². The third kappa shape index (κ3) is 5.33. The first kappa shape index (κ1) is 33.2. The molecule has 270 valence electrons. The Balaban J connectivity index is 1.03. The number of rotatable bonds is 6. The molecule has 0 spiro atoms. The van der Waals surface area contributed by atoms with E-state index in [1.54, 1.807) is 0 Å². The molecule has 11 rings (SSSR count). The highest BCUT2D eigenvalue weighted by Crippen LogP contribution is 2.52. The Hall–Kier alpha value is -7.16. The summed E-state index contributed by atoms with van der Waals surface area (Å²) in [5.74, 6) is 0. The summed E-state index contributed by atoms with van der Waals surface area (Å²) in [5, 5.41) is 4.98. The first-order chi connectivity index (χ1) is 28.0. The van der Waals surface area contributed by atoms with Crippen LogP contribution in [0.2, 0.25) is 0 Å². The highest BCUT2D eigenvalue weighted by Gasteiger charge is 2.36. The fraction of sp³-hybridized carbons (Fsp3) is 0.0545. The lowest BCUT2D eigenvalue weighted by molar-refractivity contribution is 0.660. The summed E-state index contributed by atoms with van der Waals surface area (Å²) in [6.45, 7) is 4.77. The van der Waals surface area contributed by atoms with Crippen LogP contribution in [0.15, 0.2) is 206 Å². The van der Waals surface area contributed by atoms with Crippen molar-refractivity contribution in [2.75, 3.05) is 4.90 Å². The molecule has 0 fully saturated rings. The summed E-state index contributed by atoms with van der Waals surface area (Å²) in [6.07, 6.45) is 0. The van der Waals surface area contributed by atoms with Crippen molar-refractivity contribution in [3.8, 4) is 39.1 Å². The van der Waals surface area contributed by atoms with E-state index >= 15 is 0 Å². The maximum absolute atomic E-state index is 2.45. The Morgan fingerprint density at radius 3 is 1.65 bits per heavy atom. The first-order valence-electron chi connectivity index (χ1n) is 19.8. The van der Waals surface area contributed by atoms with Crippen LogP contribution >= 0.6 is 0 Å². The van der Waals surface area contributed by atoms with E-state index in [1.807, 2.05) is 0 Å². The van der Waals surface area contributed by atoms with Gasteiger partial charge in [0.2, 0.25) is 0 Å². The highest BCUT2D eigenvalue weighted by molar-refractivity contribution is 6.12. The number of hydrogen-bond donors (Lipinski definition) is 0. The van der Waals surface area contributed by atoms with Crippen LogP contribution in [0.3, 0.4) is 0 Å². The van der Waals surface area contributed by atoms with E-state index in [9.17, 15) is 0 Å². The van der Waals surface area contributed by atoms with Crippen molar-refractivity contribution >= 4 is 49.6 Å². The summed E-state index contributed by atoms with van der Waals surface area (Å²) < 4.78 is 2.40. The van der Waals surface area contributed by atoms with Crippen molar-refractivity contribution in [1.29, 1.82) is 0 Å². The first-order valence-corrected chi connectivity index (χ1v) is 19.8. The predicted molar refractivity (Wildman–Crippen MR) is 241 cm³/mol. The second-order valence-corrected chi connectivity index (χ2v) is 15.8. The monoisotopic (exact) mass is 728 g/mol. The van der Waals surface area contributed by atoms with Gasteiger partial charge < -0.3 is 9.47 Å². The molecule has 2 nitrogen and oxygen atoms in total. The van der Waals surface area contributed by atoms with Gasteiger partial charge in [-0.2, -0.15) is 0 Å². The van der Waals surface area contributed by atoms with Crippen LogP contribution in [0.25, 0.3) is 71.6 Å². The zero-order valence-corrected chi connectivity index (χ0v) is 32.0. The van der Waals surface area contributed by atoms with Gasteiger partial charge in [-0.1, -0.05) is 147 Å². The Bertz CT molecular complexity index is 3130. The van der Waals surface area contributed by atoms with Crippen molar-refractivity contribution < 1.29 is 0 Å². The SMILES string of the molecule is CC1(C)c2cc(-c3ccc4c(c3)c3cc(-c5ccccc5)ccc3n4-c3ccccc3)ccc2-c2ccc(N(c3ccccc3)c3cccc4ccccc34)cc21. The number of hydrogen-bond acceptors (Lipinski definition) is 1. The molecule has 0 bridgehead atoms. The molecule has 2 heteroatoms. The Kier molecular flexibility index (Phi) is 7.55. The average molecular weight is 729 g/mol. The minimum atomic E-state index is -0.199. The quantitative estimate of drug-likeness (QED) is 0.165. The average Bonchev–Trinajstić information content (AvgIpc) is 3.71. The fourth-order valence-electron chi connectivity index (χ4n) is 9.32. The van der Waals surface area contributed by atoms with Gasteiger partial charge in [-0.25, -0.2) is 0 Å². The smallest absolute Gasteiger partial charge is 0.0541 e. The Labute approximate surface area is 333 Å². The van der Waals surface area contributed by atoms with Crippen LogP contribution in [-0.4, -0.2) is 4.57 Å². The molecule has 1 heterocycles. The second-order valence-electron chi connectivity index (χ2n) is 15.8. The zero-order valence-electron chi connectivity index (χ0n) is 32.0. The maximum Gasteiger partial charge on any atom is 0.0541 e. The van der Waals surface area contributed by atoms with Gasteiger partial charge in [-0.05, 0) is 123 Å². The van der Waals surface area contributed by atoms with Crippen molar-refractivity contribution in [2.24, 2.45) is 0 Å². The lowest BCUT2D eigenvalue weighted by Crippen LogP contribution is -2.16. The van der Waals surface area contributed by atoms with Crippen LogP contribution in [0.4, 0.5) is 17.1 Å². The van der Waals surface area contributed by atoms with Gasteiger partial charge in [0.1, 0.15) is 0 Å². The van der Waals surface area contributed by atoms with E-state index in [0.29, 0.717) is 0 Å². The van der Waals surface area contributed by atoms with Crippen LogP contribution in [0, 0.1) is 0 Å². The van der Waals surface area contributed by atoms with E-state index in [0.717, 1.165) is 11.4 Å². The van der Waals surface area contributed by atoms with Gasteiger partial charge >= 0.3 is 0 Å². The molecule has 0 aliphatic heterocycles. The number of fused-ring (bicyclic) bond motifs is 7. The van der Waals surface area contributed by atoms with Crippen LogP contribution in [-0.2, 0) is 5.41 Å². The highest BCUT2D eigenvalue weighted by atomic mass is 15.1. The minimum Gasteiger partial charge on any atom is -0.310 e. The van der Waals surface area contributed by atoms with Crippen LogP contribution in [0.1, 0.15) is 25.0 Å². The van der Waals surface area contributed by atoms with Crippen molar-refractivity contribution in [3.63, 3.8) is 0 Å². The number of anilines is 3. The molecule has 0 radical (unpaired) electrons. The van der Waals surface area contributed by atoms with Gasteiger partial charge in [0.05, 0.1) is 16.7 Å². The third-order valence-corrected chi connectivity index (χ3v) is 12.2. The second kappa shape index (κ2) is 13.0. The zero-order chi connectivity index (χ0) is 38.1. The molecule has 0 saturated heterocycles. The summed E-state index contributed by atoms with van der Waals surface area (Å²) in [6, 6.07) is 75.6. The molecule has 0 unspecified atom stereocenters. The van der Waals surface area contributed by atoms with Crippen molar-refractivity contribution in [2.45, 2.75) is 19.3 Å². The lowest BCUT2D eigenvalue weighted by Gasteiger charge is -2.29. The molecule has 0 N–H and O–H groups in total. The standard InChI is InChI=1S/C55H40N2/c1-55(2)50-35-41(40-27-32-54-49(34-40)48-33-39(37-15-6-3-7-16-37)26-31-53(48)57(54)43-21-10-5-11-22-43)25-29-46(50)47-30-28-44(36-51(47)55)56(42-19-8-4-9-20-42)52-24-14-18-38-17-12-13-23-45(38)52/h3-36H,1-2H3. The number of para-hydroxylation sites is 2. The predicted octanol–water partition coefficient (Wildman–Crippen LogP) is 15.0. The van der Waals surface area contributed by atoms with Gasteiger partial charge in [-0.3, -0.25) is 0 Å². The molecule has 0 saturated carbocycles. The van der Waals surface area contributed by atoms with E-state index in [-0.39, 0.29) is 5.41 Å². The molecule has 1 aliphatic carbocycles. The Morgan fingerprint density at radius 2 is 0.930 bits per heavy atom. The molecule has 1 aliphatic rings. The molecule has 0 atom stereocenters.